The fourth-order valence-electron chi connectivity index (χ4n) is 2.35. The summed E-state index contributed by atoms with van der Waals surface area (Å²) in [5, 5.41) is 3.24. The Labute approximate surface area is 119 Å². The highest BCUT2D eigenvalue weighted by atomic mass is 19.1. The number of carbonyl (C=O) groups is 1. The summed E-state index contributed by atoms with van der Waals surface area (Å²) in [6, 6.07) is 6.25. The normalized spacial score (nSPS) is 17.3. The highest BCUT2D eigenvalue weighted by molar-refractivity contribution is 5.81. The third-order valence-corrected chi connectivity index (χ3v) is 3.79. The first-order valence-corrected chi connectivity index (χ1v) is 7.02. The minimum Gasteiger partial charge on any atom is -0.339 e. The molecule has 1 atom stereocenters. The van der Waals surface area contributed by atoms with Crippen LogP contribution in [0.4, 0.5) is 4.39 Å². The molecule has 2 rings (SSSR count). The van der Waals surface area contributed by atoms with Gasteiger partial charge in [0.25, 0.3) is 0 Å². The van der Waals surface area contributed by atoms with E-state index in [4.69, 9.17) is 0 Å². The van der Waals surface area contributed by atoms with Gasteiger partial charge in [0.15, 0.2) is 0 Å². The molecule has 1 fully saturated rings. The summed E-state index contributed by atoms with van der Waals surface area (Å²) in [7, 11) is 1.92. The van der Waals surface area contributed by atoms with Crippen LogP contribution in [0, 0.1) is 5.82 Å². The molecule has 0 bridgehead atoms. The second kappa shape index (κ2) is 6.81. The zero-order valence-electron chi connectivity index (χ0n) is 12.1. The SMILES string of the molecule is CC(C(=O)N1CCNCC1)N(C)Cc1ccc(F)cc1. The molecule has 1 aromatic carbocycles. The zero-order valence-corrected chi connectivity index (χ0v) is 12.1. The van der Waals surface area contributed by atoms with Crippen molar-refractivity contribution in [2.24, 2.45) is 0 Å². The van der Waals surface area contributed by atoms with Crippen molar-refractivity contribution in [2.75, 3.05) is 33.2 Å². The number of benzene rings is 1. The topological polar surface area (TPSA) is 35.6 Å². The maximum absolute atomic E-state index is 12.9. The monoisotopic (exact) mass is 279 g/mol. The van der Waals surface area contributed by atoms with Gasteiger partial charge in [0, 0.05) is 32.7 Å². The van der Waals surface area contributed by atoms with Gasteiger partial charge in [0.05, 0.1) is 6.04 Å². The van der Waals surface area contributed by atoms with Gasteiger partial charge in [-0.1, -0.05) is 12.1 Å². The minimum absolute atomic E-state index is 0.163. The Balaban J connectivity index is 1.91. The van der Waals surface area contributed by atoms with Crippen molar-refractivity contribution in [3.8, 4) is 0 Å². The molecule has 20 heavy (non-hydrogen) atoms. The first kappa shape index (κ1) is 14.9. The molecule has 5 heteroatoms. The van der Waals surface area contributed by atoms with E-state index < -0.39 is 0 Å². The summed E-state index contributed by atoms with van der Waals surface area (Å²) in [6.07, 6.45) is 0. The summed E-state index contributed by atoms with van der Waals surface area (Å²) < 4.78 is 12.9. The second-order valence-corrected chi connectivity index (χ2v) is 5.29. The van der Waals surface area contributed by atoms with Crippen molar-refractivity contribution in [2.45, 2.75) is 19.5 Å². The number of rotatable bonds is 4. The Morgan fingerprint density at radius 1 is 1.35 bits per heavy atom. The third kappa shape index (κ3) is 3.77. The summed E-state index contributed by atoms with van der Waals surface area (Å²) in [4.78, 5) is 16.3. The number of nitrogens with zero attached hydrogens (tertiary/aromatic N) is 2. The van der Waals surface area contributed by atoms with Crippen molar-refractivity contribution in [3.05, 3.63) is 35.6 Å². The number of amides is 1. The lowest BCUT2D eigenvalue weighted by molar-refractivity contribution is -0.136. The van der Waals surface area contributed by atoms with Gasteiger partial charge in [0.2, 0.25) is 5.91 Å². The molecule has 1 aliphatic heterocycles. The van der Waals surface area contributed by atoms with Crippen LogP contribution in [-0.2, 0) is 11.3 Å². The maximum atomic E-state index is 12.9. The largest absolute Gasteiger partial charge is 0.339 e. The minimum atomic E-state index is -0.235. The van der Waals surface area contributed by atoms with Gasteiger partial charge in [-0.05, 0) is 31.7 Å². The van der Waals surface area contributed by atoms with E-state index in [2.05, 4.69) is 5.32 Å². The van der Waals surface area contributed by atoms with Gasteiger partial charge in [-0.3, -0.25) is 9.69 Å². The highest BCUT2D eigenvalue weighted by Crippen LogP contribution is 2.10. The smallest absolute Gasteiger partial charge is 0.239 e. The van der Waals surface area contributed by atoms with Crippen LogP contribution in [0.2, 0.25) is 0 Å². The van der Waals surface area contributed by atoms with Gasteiger partial charge < -0.3 is 10.2 Å². The molecule has 1 N–H and O–H groups in total. The second-order valence-electron chi connectivity index (χ2n) is 5.29. The molecule has 4 nitrogen and oxygen atoms in total. The van der Waals surface area contributed by atoms with Crippen LogP contribution in [0.25, 0.3) is 0 Å². The van der Waals surface area contributed by atoms with Gasteiger partial charge in [-0.25, -0.2) is 4.39 Å². The van der Waals surface area contributed by atoms with E-state index in [0.717, 1.165) is 31.7 Å². The quantitative estimate of drug-likeness (QED) is 0.896. The number of halogens is 1. The Morgan fingerprint density at radius 3 is 2.55 bits per heavy atom. The van der Waals surface area contributed by atoms with Crippen LogP contribution >= 0.6 is 0 Å². The van der Waals surface area contributed by atoms with Crippen molar-refractivity contribution >= 4 is 5.91 Å². The van der Waals surface area contributed by atoms with Crippen LogP contribution in [0.1, 0.15) is 12.5 Å². The summed E-state index contributed by atoms with van der Waals surface area (Å²) in [6.45, 7) is 5.83. The van der Waals surface area contributed by atoms with Crippen molar-refractivity contribution in [3.63, 3.8) is 0 Å². The van der Waals surface area contributed by atoms with E-state index >= 15 is 0 Å². The Kier molecular flexibility index (Phi) is 5.09. The third-order valence-electron chi connectivity index (χ3n) is 3.79. The molecule has 0 aromatic heterocycles. The van der Waals surface area contributed by atoms with E-state index in [0.29, 0.717) is 6.54 Å². The zero-order chi connectivity index (χ0) is 14.5. The number of hydrogen-bond acceptors (Lipinski definition) is 3. The molecular weight excluding hydrogens is 257 g/mol. The van der Waals surface area contributed by atoms with Crippen LogP contribution in [0.3, 0.4) is 0 Å². The number of carbonyl (C=O) groups excluding carboxylic acids is 1. The Morgan fingerprint density at radius 2 is 1.95 bits per heavy atom. The van der Waals surface area contributed by atoms with Gasteiger partial charge in [-0.2, -0.15) is 0 Å². The van der Waals surface area contributed by atoms with Gasteiger partial charge in [-0.15, -0.1) is 0 Å². The van der Waals surface area contributed by atoms with Crippen LogP contribution in [0.15, 0.2) is 24.3 Å². The van der Waals surface area contributed by atoms with Crippen molar-refractivity contribution in [1.29, 1.82) is 0 Å². The van der Waals surface area contributed by atoms with Crippen molar-refractivity contribution in [1.82, 2.24) is 15.1 Å². The lowest BCUT2D eigenvalue weighted by Gasteiger charge is -2.33. The van der Waals surface area contributed by atoms with E-state index in [1.807, 2.05) is 23.8 Å². The molecule has 1 aromatic rings. The molecule has 0 saturated carbocycles. The van der Waals surface area contributed by atoms with E-state index in [9.17, 15) is 9.18 Å². The van der Waals surface area contributed by atoms with Gasteiger partial charge in [0.1, 0.15) is 5.82 Å². The summed E-state index contributed by atoms with van der Waals surface area (Å²) in [5.74, 6) is -0.0718. The average molecular weight is 279 g/mol. The van der Waals surface area contributed by atoms with Crippen LogP contribution in [-0.4, -0.2) is 55.0 Å². The molecular formula is C15H22FN3O. The molecule has 1 heterocycles. The fraction of sp³-hybridized carbons (Fsp3) is 0.533. The molecule has 0 spiro atoms. The lowest BCUT2D eigenvalue weighted by atomic mass is 10.1. The number of piperazine rings is 1. The van der Waals surface area contributed by atoms with E-state index in [1.165, 1.54) is 12.1 Å². The fourth-order valence-corrected chi connectivity index (χ4v) is 2.35. The predicted octanol–water partition coefficient (Wildman–Crippen LogP) is 1.08. The molecule has 0 radical (unpaired) electrons. The van der Waals surface area contributed by atoms with E-state index in [1.54, 1.807) is 12.1 Å². The highest BCUT2D eigenvalue weighted by Gasteiger charge is 2.24. The molecule has 1 unspecified atom stereocenters. The number of likely N-dealkylation sites (N-methyl/N-ethyl adjacent to an activating group) is 1. The Hall–Kier alpha value is -1.46. The molecule has 110 valence electrons. The predicted molar refractivity (Wildman–Crippen MR) is 76.8 cm³/mol. The maximum Gasteiger partial charge on any atom is 0.239 e. The van der Waals surface area contributed by atoms with Crippen molar-refractivity contribution < 1.29 is 9.18 Å². The molecule has 0 aliphatic carbocycles. The van der Waals surface area contributed by atoms with Gasteiger partial charge >= 0.3 is 0 Å². The first-order valence-electron chi connectivity index (χ1n) is 7.02. The van der Waals surface area contributed by atoms with Crippen LogP contribution < -0.4 is 5.32 Å². The Bertz CT molecular complexity index is 443. The average Bonchev–Trinajstić information content (AvgIpc) is 2.49. The summed E-state index contributed by atoms with van der Waals surface area (Å²) >= 11 is 0. The summed E-state index contributed by atoms with van der Waals surface area (Å²) in [5.41, 5.74) is 1.01. The standard InChI is InChI=1S/C15H22FN3O/c1-12(15(20)19-9-7-17-8-10-19)18(2)11-13-3-5-14(16)6-4-13/h3-6,12,17H,7-11H2,1-2H3. The van der Waals surface area contributed by atoms with E-state index in [-0.39, 0.29) is 17.8 Å². The molecule has 1 saturated heterocycles. The lowest BCUT2D eigenvalue weighted by Crippen LogP contribution is -2.52. The molecule has 1 aliphatic rings. The van der Waals surface area contributed by atoms with Crippen LogP contribution in [0.5, 0.6) is 0 Å². The molecule has 1 amide bonds. The first-order chi connectivity index (χ1) is 9.58. The number of nitrogens with one attached hydrogen (secondary N) is 1. The number of hydrogen-bond donors (Lipinski definition) is 1.